The molecule has 4 aromatic rings. The molecule has 1 amide bonds. The van der Waals surface area contributed by atoms with Crippen molar-refractivity contribution in [3.63, 3.8) is 0 Å². The van der Waals surface area contributed by atoms with Crippen molar-refractivity contribution in [1.82, 2.24) is 10.3 Å². The SMILES string of the molecule is O=C(Cc1csc(-c2ccccc2Cl)n1)N[C@@H](c1ccccc1)c1cccs1. The van der Waals surface area contributed by atoms with Crippen molar-refractivity contribution in [1.29, 1.82) is 0 Å². The summed E-state index contributed by atoms with van der Waals surface area (Å²) in [6.07, 6.45) is 0.232. The van der Waals surface area contributed by atoms with Gasteiger partial charge in [0.25, 0.3) is 0 Å². The molecule has 3 nitrogen and oxygen atoms in total. The second-order valence-electron chi connectivity index (χ2n) is 6.23. The average Bonchev–Trinajstić information content (AvgIpc) is 3.39. The monoisotopic (exact) mass is 424 g/mol. The van der Waals surface area contributed by atoms with Gasteiger partial charge in [0.15, 0.2) is 0 Å². The first-order valence-electron chi connectivity index (χ1n) is 8.78. The lowest BCUT2D eigenvalue weighted by Crippen LogP contribution is -2.30. The van der Waals surface area contributed by atoms with Gasteiger partial charge in [-0.3, -0.25) is 4.79 Å². The molecule has 140 valence electrons. The highest BCUT2D eigenvalue weighted by molar-refractivity contribution is 7.13. The highest BCUT2D eigenvalue weighted by Crippen LogP contribution is 2.30. The zero-order valence-corrected chi connectivity index (χ0v) is 17.2. The first kappa shape index (κ1) is 18.9. The van der Waals surface area contributed by atoms with E-state index in [0.717, 1.165) is 26.7 Å². The Hall–Kier alpha value is -2.47. The zero-order chi connectivity index (χ0) is 19.3. The number of aromatic nitrogens is 1. The van der Waals surface area contributed by atoms with Gasteiger partial charge in [0.2, 0.25) is 5.91 Å². The van der Waals surface area contributed by atoms with Gasteiger partial charge in [-0.15, -0.1) is 22.7 Å². The van der Waals surface area contributed by atoms with Crippen LogP contribution in [0.25, 0.3) is 10.6 Å². The summed E-state index contributed by atoms with van der Waals surface area (Å²) >= 11 is 9.39. The largest absolute Gasteiger partial charge is 0.344 e. The number of nitrogens with one attached hydrogen (secondary N) is 1. The molecule has 1 N–H and O–H groups in total. The lowest BCUT2D eigenvalue weighted by molar-refractivity contribution is -0.120. The fraction of sp³-hybridized carbons (Fsp3) is 0.0909. The number of halogens is 1. The van der Waals surface area contributed by atoms with Crippen molar-refractivity contribution in [3.05, 3.63) is 98.6 Å². The van der Waals surface area contributed by atoms with E-state index >= 15 is 0 Å². The number of carbonyl (C=O) groups excluding carboxylic acids is 1. The quantitative estimate of drug-likeness (QED) is 0.414. The van der Waals surface area contributed by atoms with Crippen LogP contribution >= 0.6 is 34.3 Å². The van der Waals surface area contributed by atoms with Crippen LogP contribution in [0.5, 0.6) is 0 Å². The first-order chi connectivity index (χ1) is 13.7. The summed E-state index contributed by atoms with van der Waals surface area (Å²) in [4.78, 5) is 18.4. The Labute approximate surface area is 176 Å². The Morgan fingerprint density at radius 2 is 1.79 bits per heavy atom. The molecule has 0 fully saturated rings. The van der Waals surface area contributed by atoms with E-state index in [1.54, 1.807) is 11.3 Å². The van der Waals surface area contributed by atoms with Crippen LogP contribution in [0.1, 0.15) is 22.2 Å². The van der Waals surface area contributed by atoms with Crippen LogP contribution in [0.15, 0.2) is 77.5 Å². The van der Waals surface area contributed by atoms with Gasteiger partial charge < -0.3 is 5.32 Å². The topological polar surface area (TPSA) is 42.0 Å². The molecule has 0 bridgehead atoms. The normalized spacial score (nSPS) is 11.9. The Morgan fingerprint density at radius 1 is 1.00 bits per heavy atom. The Morgan fingerprint density at radius 3 is 2.54 bits per heavy atom. The van der Waals surface area contributed by atoms with E-state index in [9.17, 15) is 4.79 Å². The molecule has 0 aliphatic rings. The summed E-state index contributed by atoms with van der Waals surface area (Å²) in [5, 5.41) is 8.58. The van der Waals surface area contributed by atoms with E-state index in [1.807, 2.05) is 77.5 Å². The third-order valence-corrected chi connectivity index (χ3v) is 6.45. The smallest absolute Gasteiger partial charge is 0.226 e. The molecule has 28 heavy (non-hydrogen) atoms. The summed E-state index contributed by atoms with van der Waals surface area (Å²) in [7, 11) is 0. The van der Waals surface area contributed by atoms with Crippen LogP contribution in [0.2, 0.25) is 5.02 Å². The Kier molecular flexibility index (Phi) is 5.86. The van der Waals surface area contributed by atoms with E-state index < -0.39 is 0 Å². The molecule has 2 heterocycles. The van der Waals surface area contributed by atoms with E-state index in [2.05, 4.69) is 10.3 Å². The van der Waals surface area contributed by atoms with Crippen LogP contribution in [0, 0.1) is 0 Å². The summed E-state index contributed by atoms with van der Waals surface area (Å²) in [6.45, 7) is 0. The highest BCUT2D eigenvalue weighted by Gasteiger charge is 2.19. The summed E-state index contributed by atoms with van der Waals surface area (Å²) in [5.41, 5.74) is 2.70. The maximum atomic E-state index is 12.7. The lowest BCUT2D eigenvalue weighted by atomic mass is 10.1. The van der Waals surface area contributed by atoms with Crippen LogP contribution in [-0.2, 0) is 11.2 Å². The van der Waals surface area contributed by atoms with Gasteiger partial charge in [0.05, 0.1) is 23.2 Å². The molecular formula is C22H17ClN2OS2. The highest BCUT2D eigenvalue weighted by atomic mass is 35.5. The van der Waals surface area contributed by atoms with Gasteiger partial charge >= 0.3 is 0 Å². The van der Waals surface area contributed by atoms with Gasteiger partial charge in [-0.2, -0.15) is 0 Å². The third-order valence-electron chi connectivity index (χ3n) is 4.26. The van der Waals surface area contributed by atoms with Crippen molar-refractivity contribution in [3.8, 4) is 10.6 Å². The minimum absolute atomic E-state index is 0.0572. The molecule has 2 aromatic heterocycles. The summed E-state index contributed by atoms with van der Waals surface area (Å²) in [5.74, 6) is -0.0572. The number of rotatable bonds is 6. The van der Waals surface area contributed by atoms with E-state index in [0.29, 0.717) is 5.02 Å². The second kappa shape index (κ2) is 8.69. The maximum Gasteiger partial charge on any atom is 0.226 e. The van der Waals surface area contributed by atoms with Crippen molar-refractivity contribution in [2.24, 2.45) is 0 Å². The minimum Gasteiger partial charge on any atom is -0.344 e. The van der Waals surface area contributed by atoms with Gasteiger partial charge in [-0.05, 0) is 23.1 Å². The molecule has 0 saturated heterocycles. The van der Waals surface area contributed by atoms with Gasteiger partial charge in [-0.25, -0.2) is 4.98 Å². The fourth-order valence-electron chi connectivity index (χ4n) is 2.94. The van der Waals surface area contributed by atoms with Gasteiger partial charge in [-0.1, -0.05) is 66.2 Å². The molecule has 0 aliphatic heterocycles. The Bertz CT molecular complexity index is 1060. The third kappa shape index (κ3) is 4.33. The van der Waals surface area contributed by atoms with Crippen LogP contribution in [0.4, 0.5) is 0 Å². The molecule has 0 aliphatic carbocycles. The molecular weight excluding hydrogens is 408 g/mol. The predicted molar refractivity (Wildman–Crippen MR) is 117 cm³/mol. The van der Waals surface area contributed by atoms with Crippen LogP contribution in [0.3, 0.4) is 0 Å². The number of benzene rings is 2. The van der Waals surface area contributed by atoms with Crippen molar-refractivity contribution in [2.75, 3.05) is 0 Å². The first-order valence-corrected chi connectivity index (χ1v) is 10.9. The number of hydrogen-bond acceptors (Lipinski definition) is 4. The molecule has 0 radical (unpaired) electrons. The van der Waals surface area contributed by atoms with Gasteiger partial charge in [0.1, 0.15) is 5.01 Å². The molecule has 4 rings (SSSR count). The number of amides is 1. The standard InChI is InChI=1S/C22H17ClN2OS2/c23-18-10-5-4-9-17(18)22-24-16(14-28-22)13-20(26)25-21(19-11-6-12-27-19)15-7-2-1-3-8-15/h1-12,14,21H,13H2,(H,25,26)/t21-/m0/s1. The zero-order valence-electron chi connectivity index (χ0n) is 14.8. The predicted octanol–water partition coefficient (Wildman–Crippen LogP) is 5.97. The number of thiophene rings is 1. The Balaban J connectivity index is 1.50. The number of hydrogen-bond donors (Lipinski definition) is 1. The number of thiazole rings is 1. The van der Waals surface area contributed by atoms with E-state index in [1.165, 1.54) is 11.3 Å². The average molecular weight is 425 g/mol. The van der Waals surface area contributed by atoms with E-state index in [-0.39, 0.29) is 18.4 Å². The molecule has 6 heteroatoms. The van der Waals surface area contributed by atoms with Gasteiger partial charge in [0, 0.05) is 15.8 Å². The second-order valence-corrected chi connectivity index (χ2v) is 8.47. The molecule has 0 saturated carbocycles. The van der Waals surface area contributed by atoms with Crippen LogP contribution in [-0.4, -0.2) is 10.9 Å². The fourth-order valence-corrected chi connectivity index (χ4v) is 4.89. The molecule has 1 atom stereocenters. The number of nitrogens with zero attached hydrogens (tertiary/aromatic N) is 1. The van der Waals surface area contributed by atoms with Crippen LogP contribution < -0.4 is 5.32 Å². The van der Waals surface area contributed by atoms with Crippen molar-refractivity contribution < 1.29 is 4.79 Å². The van der Waals surface area contributed by atoms with Crippen molar-refractivity contribution >= 4 is 40.2 Å². The molecule has 0 spiro atoms. The summed E-state index contributed by atoms with van der Waals surface area (Å²) < 4.78 is 0. The van der Waals surface area contributed by atoms with E-state index in [4.69, 9.17) is 11.6 Å². The number of carbonyl (C=O) groups is 1. The van der Waals surface area contributed by atoms with Crippen molar-refractivity contribution in [2.45, 2.75) is 12.5 Å². The summed E-state index contributed by atoms with van der Waals surface area (Å²) in [6, 6.07) is 21.5. The molecule has 0 unspecified atom stereocenters. The lowest BCUT2D eigenvalue weighted by Gasteiger charge is -2.18. The maximum absolute atomic E-state index is 12.7. The minimum atomic E-state index is -0.157. The molecule has 2 aromatic carbocycles.